The highest BCUT2D eigenvalue weighted by Gasteiger charge is 2.11. The highest BCUT2D eigenvalue weighted by atomic mass is 16.5. The second-order valence-corrected chi connectivity index (χ2v) is 3.40. The lowest BCUT2D eigenvalue weighted by molar-refractivity contribution is 0.0947. The molecule has 0 unspecified atom stereocenters. The van der Waals surface area contributed by atoms with Gasteiger partial charge in [-0.3, -0.25) is 4.79 Å². The third kappa shape index (κ3) is 2.57. The van der Waals surface area contributed by atoms with Crippen molar-refractivity contribution in [2.45, 2.75) is 20.8 Å². The number of hydrogen-bond donors (Lipinski definition) is 1. The molecule has 0 fully saturated rings. The number of aromatic nitrogens is 1. The van der Waals surface area contributed by atoms with Crippen LogP contribution in [0.1, 0.15) is 30.0 Å². The van der Waals surface area contributed by atoms with Gasteiger partial charge in [0.15, 0.2) is 0 Å². The summed E-state index contributed by atoms with van der Waals surface area (Å²) in [6.07, 6.45) is 1.44. The molecule has 0 bridgehead atoms. The van der Waals surface area contributed by atoms with E-state index in [1.54, 1.807) is 6.92 Å². The third-order valence-electron chi connectivity index (χ3n) is 1.67. The number of carbonyl (C=O) groups excluding carboxylic acids is 1. The summed E-state index contributed by atoms with van der Waals surface area (Å²) in [5.74, 6) is 0.887. The molecule has 1 heterocycles. The van der Waals surface area contributed by atoms with Crippen LogP contribution in [0.15, 0.2) is 10.7 Å². The minimum atomic E-state index is -0.118. The summed E-state index contributed by atoms with van der Waals surface area (Å²) in [7, 11) is 0. The van der Waals surface area contributed by atoms with Crippen molar-refractivity contribution in [3.63, 3.8) is 0 Å². The minimum Gasteiger partial charge on any atom is -0.361 e. The largest absolute Gasteiger partial charge is 0.361 e. The van der Waals surface area contributed by atoms with Gasteiger partial charge in [0.25, 0.3) is 5.91 Å². The number of hydrogen-bond acceptors (Lipinski definition) is 3. The van der Waals surface area contributed by atoms with Gasteiger partial charge in [-0.05, 0) is 12.8 Å². The molecule has 0 aliphatic carbocycles. The molecule has 1 rings (SSSR count). The van der Waals surface area contributed by atoms with Gasteiger partial charge in [-0.2, -0.15) is 0 Å². The summed E-state index contributed by atoms with van der Waals surface area (Å²) in [5, 5.41) is 6.32. The number of aryl methyl sites for hydroxylation is 1. The molecule has 0 aliphatic heterocycles. The second-order valence-electron chi connectivity index (χ2n) is 3.40. The van der Waals surface area contributed by atoms with E-state index in [0.29, 0.717) is 23.8 Å². The summed E-state index contributed by atoms with van der Waals surface area (Å²) in [4.78, 5) is 11.4. The maximum atomic E-state index is 11.4. The zero-order chi connectivity index (χ0) is 9.84. The Morgan fingerprint density at radius 3 is 2.85 bits per heavy atom. The van der Waals surface area contributed by atoms with Gasteiger partial charge in [0.05, 0.1) is 6.20 Å². The Hall–Kier alpha value is -1.32. The van der Waals surface area contributed by atoms with E-state index in [1.165, 1.54) is 6.20 Å². The lowest BCUT2D eigenvalue weighted by atomic mass is 10.2. The summed E-state index contributed by atoms with van der Waals surface area (Å²) in [6, 6.07) is 0. The molecule has 1 aromatic heterocycles. The topological polar surface area (TPSA) is 55.1 Å². The maximum absolute atomic E-state index is 11.4. The molecule has 0 saturated carbocycles. The van der Waals surface area contributed by atoms with Crippen molar-refractivity contribution < 1.29 is 9.32 Å². The number of nitrogens with one attached hydrogen (secondary N) is 1. The van der Waals surface area contributed by atoms with Crippen LogP contribution in [-0.2, 0) is 0 Å². The van der Waals surface area contributed by atoms with Crippen LogP contribution in [0.5, 0.6) is 0 Å². The average molecular weight is 182 g/mol. The van der Waals surface area contributed by atoms with Gasteiger partial charge in [-0.1, -0.05) is 19.0 Å². The van der Waals surface area contributed by atoms with Crippen LogP contribution in [0, 0.1) is 12.8 Å². The zero-order valence-electron chi connectivity index (χ0n) is 8.13. The normalized spacial score (nSPS) is 10.5. The van der Waals surface area contributed by atoms with E-state index in [-0.39, 0.29) is 5.91 Å². The van der Waals surface area contributed by atoms with E-state index in [0.717, 1.165) is 0 Å². The van der Waals surface area contributed by atoms with Crippen molar-refractivity contribution >= 4 is 5.91 Å². The molecule has 0 atom stereocenters. The molecule has 0 spiro atoms. The molecule has 4 nitrogen and oxygen atoms in total. The van der Waals surface area contributed by atoms with Gasteiger partial charge in [0.1, 0.15) is 11.3 Å². The van der Waals surface area contributed by atoms with Crippen molar-refractivity contribution in [1.82, 2.24) is 10.5 Å². The Labute approximate surface area is 77.3 Å². The van der Waals surface area contributed by atoms with Crippen LogP contribution in [-0.4, -0.2) is 17.6 Å². The molecule has 1 aromatic rings. The van der Waals surface area contributed by atoms with Gasteiger partial charge in [-0.25, -0.2) is 0 Å². The molecule has 72 valence electrons. The van der Waals surface area contributed by atoms with Crippen LogP contribution in [0.2, 0.25) is 0 Å². The lowest BCUT2D eigenvalue weighted by Gasteiger charge is -2.05. The average Bonchev–Trinajstić information content (AvgIpc) is 2.47. The van der Waals surface area contributed by atoms with Crippen LogP contribution >= 0.6 is 0 Å². The number of carbonyl (C=O) groups is 1. The minimum absolute atomic E-state index is 0.118. The van der Waals surface area contributed by atoms with Gasteiger partial charge in [0.2, 0.25) is 0 Å². The Morgan fingerprint density at radius 1 is 1.69 bits per heavy atom. The molecule has 0 aliphatic rings. The maximum Gasteiger partial charge on any atom is 0.256 e. The van der Waals surface area contributed by atoms with E-state index in [1.807, 2.05) is 13.8 Å². The highest BCUT2D eigenvalue weighted by molar-refractivity contribution is 5.94. The predicted octanol–water partition coefficient (Wildman–Crippen LogP) is 1.37. The summed E-state index contributed by atoms with van der Waals surface area (Å²) in [5.41, 5.74) is 0.514. The van der Waals surface area contributed by atoms with E-state index in [9.17, 15) is 4.79 Å². The first-order valence-corrected chi connectivity index (χ1v) is 4.30. The van der Waals surface area contributed by atoms with Gasteiger partial charge in [0, 0.05) is 6.54 Å². The van der Waals surface area contributed by atoms with E-state index >= 15 is 0 Å². The molecule has 0 radical (unpaired) electrons. The van der Waals surface area contributed by atoms with Crippen LogP contribution in [0.4, 0.5) is 0 Å². The fraction of sp³-hybridized carbons (Fsp3) is 0.556. The van der Waals surface area contributed by atoms with Crippen molar-refractivity contribution in [2.24, 2.45) is 5.92 Å². The Morgan fingerprint density at radius 2 is 2.38 bits per heavy atom. The molecule has 1 amide bonds. The fourth-order valence-corrected chi connectivity index (χ4v) is 0.909. The van der Waals surface area contributed by atoms with E-state index < -0.39 is 0 Å². The molecule has 0 aromatic carbocycles. The van der Waals surface area contributed by atoms with Crippen molar-refractivity contribution in [3.8, 4) is 0 Å². The highest BCUT2D eigenvalue weighted by Crippen LogP contribution is 2.05. The van der Waals surface area contributed by atoms with Crippen LogP contribution in [0.25, 0.3) is 0 Å². The van der Waals surface area contributed by atoms with Crippen molar-refractivity contribution in [1.29, 1.82) is 0 Å². The van der Waals surface area contributed by atoms with E-state index in [2.05, 4.69) is 10.5 Å². The first-order valence-electron chi connectivity index (χ1n) is 4.30. The number of rotatable bonds is 3. The van der Waals surface area contributed by atoms with E-state index in [4.69, 9.17) is 4.52 Å². The number of nitrogens with zero attached hydrogens (tertiary/aromatic N) is 1. The van der Waals surface area contributed by atoms with Gasteiger partial charge < -0.3 is 9.84 Å². The molecule has 1 N–H and O–H groups in total. The van der Waals surface area contributed by atoms with Gasteiger partial charge >= 0.3 is 0 Å². The van der Waals surface area contributed by atoms with Crippen molar-refractivity contribution in [2.75, 3.05) is 6.54 Å². The Balaban J connectivity index is 2.54. The molecule has 13 heavy (non-hydrogen) atoms. The summed E-state index contributed by atoms with van der Waals surface area (Å²) < 4.78 is 4.78. The molecule has 4 heteroatoms. The first-order chi connectivity index (χ1) is 6.11. The van der Waals surface area contributed by atoms with Crippen LogP contribution in [0.3, 0.4) is 0 Å². The predicted molar refractivity (Wildman–Crippen MR) is 48.4 cm³/mol. The zero-order valence-corrected chi connectivity index (χ0v) is 8.13. The first kappa shape index (κ1) is 9.77. The van der Waals surface area contributed by atoms with Crippen LogP contribution < -0.4 is 5.32 Å². The number of amides is 1. The SMILES string of the molecule is Cc1oncc1C(=O)NCC(C)C. The van der Waals surface area contributed by atoms with Crippen molar-refractivity contribution in [3.05, 3.63) is 17.5 Å². The summed E-state index contributed by atoms with van der Waals surface area (Å²) in [6.45, 7) is 6.47. The Kier molecular flexibility index (Phi) is 3.06. The second kappa shape index (κ2) is 4.07. The monoisotopic (exact) mass is 182 g/mol. The standard InChI is InChI=1S/C9H14N2O2/c1-6(2)4-10-9(12)8-5-11-13-7(8)3/h5-6H,4H2,1-3H3,(H,10,12). The Bertz CT molecular complexity index is 292. The fourth-order valence-electron chi connectivity index (χ4n) is 0.909. The smallest absolute Gasteiger partial charge is 0.256 e. The lowest BCUT2D eigenvalue weighted by Crippen LogP contribution is -2.27. The molecular formula is C9H14N2O2. The summed E-state index contributed by atoms with van der Waals surface area (Å²) >= 11 is 0. The molecule has 0 saturated heterocycles. The van der Waals surface area contributed by atoms with Gasteiger partial charge in [-0.15, -0.1) is 0 Å². The molecular weight excluding hydrogens is 168 g/mol. The quantitative estimate of drug-likeness (QED) is 0.768. The third-order valence-corrected chi connectivity index (χ3v) is 1.67.